The van der Waals surface area contributed by atoms with Crippen LogP contribution in [0, 0.1) is 0 Å². The maximum absolute atomic E-state index is 5.57. The van der Waals surface area contributed by atoms with Crippen LogP contribution in [0.2, 0.25) is 0 Å². The molecular formula is C27H32O. The third-order valence-corrected chi connectivity index (χ3v) is 5.46. The molecule has 0 atom stereocenters. The van der Waals surface area contributed by atoms with E-state index in [1.165, 1.54) is 35.1 Å². The molecule has 0 saturated carbocycles. The largest absolute Gasteiger partial charge is 0.494 e. The van der Waals surface area contributed by atoms with E-state index in [9.17, 15) is 0 Å². The molecule has 0 aliphatic carbocycles. The van der Waals surface area contributed by atoms with Crippen molar-refractivity contribution in [1.29, 1.82) is 0 Å². The van der Waals surface area contributed by atoms with Crippen molar-refractivity contribution in [3.05, 3.63) is 101 Å². The highest BCUT2D eigenvalue weighted by Crippen LogP contribution is 2.30. The SMILES string of the molecule is CCOc1ccc(C(C)(C)CCCc2cccc(Cc3ccccc3)c2)cc1. The molecule has 1 heteroatoms. The van der Waals surface area contributed by atoms with E-state index in [1.807, 2.05) is 6.92 Å². The predicted octanol–water partition coefficient (Wildman–Crippen LogP) is 6.98. The van der Waals surface area contributed by atoms with Crippen molar-refractivity contribution in [2.75, 3.05) is 6.61 Å². The Hall–Kier alpha value is -2.54. The zero-order chi connectivity index (χ0) is 19.8. The van der Waals surface area contributed by atoms with Crippen molar-refractivity contribution in [2.45, 2.75) is 51.9 Å². The van der Waals surface area contributed by atoms with Crippen LogP contribution in [-0.2, 0) is 18.3 Å². The van der Waals surface area contributed by atoms with E-state index in [1.54, 1.807) is 0 Å². The van der Waals surface area contributed by atoms with Crippen LogP contribution in [0.25, 0.3) is 0 Å². The smallest absolute Gasteiger partial charge is 0.119 e. The molecule has 0 bridgehead atoms. The van der Waals surface area contributed by atoms with Crippen LogP contribution in [0.4, 0.5) is 0 Å². The Labute approximate surface area is 170 Å². The molecule has 0 unspecified atom stereocenters. The van der Waals surface area contributed by atoms with E-state index in [-0.39, 0.29) is 5.41 Å². The molecule has 0 saturated heterocycles. The lowest BCUT2D eigenvalue weighted by Crippen LogP contribution is -2.17. The Balaban J connectivity index is 1.55. The summed E-state index contributed by atoms with van der Waals surface area (Å²) in [6.45, 7) is 7.42. The highest BCUT2D eigenvalue weighted by atomic mass is 16.5. The molecule has 0 aromatic heterocycles. The van der Waals surface area contributed by atoms with E-state index in [2.05, 4.69) is 92.7 Å². The van der Waals surface area contributed by atoms with Gasteiger partial charge in [-0.05, 0) is 72.4 Å². The van der Waals surface area contributed by atoms with E-state index in [0.29, 0.717) is 6.61 Å². The van der Waals surface area contributed by atoms with Gasteiger partial charge in [0.2, 0.25) is 0 Å². The van der Waals surface area contributed by atoms with E-state index < -0.39 is 0 Å². The molecule has 0 amide bonds. The van der Waals surface area contributed by atoms with Crippen LogP contribution in [0.3, 0.4) is 0 Å². The first kappa shape index (κ1) is 20.2. The average molecular weight is 373 g/mol. The summed E-state index contributed by atoms with van der Waals surface area (Å²) < 4.78 is 5.57. The second-order valence-electron chi connectivity index (χ2n) is 8.18. The minimum Gasteiger partial charge on any atom is -0.494 e. The summed E-state index contributed by atoms with van der Waals surface area (Å²) in [4.78, 5) is 0. The molecule has 0 N–H and O–H groups in total. The number of aryl methyl sites for hydroxylation is 1. The monoisotopic (exact) mass is 372 g/mol. The van der Waals surface area contributed by atoms with Gasteiger partial charge >= 0.3 is 0 Å². The van der Waals surface area contributed by atoms with Crippen molar-refractivity contribution in [3.8, 4) is 5.75 Å². The number of benzene rings is 3. The lowest BCUT2D eigenvalue weighted by molar-refractivity contribution is 0.339. The molecule has 3 aromatic carbocycles. The van der Waals surface area contributed by atoms with Crippen LogP contribution in [0.1, 0.15) is 55.9 Å². The summed E-state index contributed by atoms with van der Waals surface area (Å²) in [6, 6.07) is 28.4. The Morgan fingerprint density at radius 3 is 2.14 bits per heavy atom. The zero-order valence-corrected chi connectivity index (χ0v) is 17.4. The van der Waals surface area contributed by atoms with Gasteiger partial charge in [0.25, 0.3) is 0 Å². The van der Waals surface area contributed by atoms with Crippen molar-refractivity contribution >= 4 is 0 Å². The Kier molecular flexibility index (Phi) is 6.92. The molecule has 1 nitrogen and oxygen atoms in total. The van der Waals surface area contributed by atoms with Crippen LogP contribution in [0.5, 0.6) is 5.75 Å². The standard InChI is InChI=1S/C27H32O/c1-4-28-26-17-15-25(16-18-26)27(2,3)19-9-14-23-12-8-13-24(21-23)20-22-10-6-5-7-11-22/h5-8,10-13,15-18,21H,4,9,14,19-20H2,1-3H3. The van der Waals surface area contributed by atoms with Crippen molar-refractivity contribution in [3.63, 3.8) is 0 Å². The third-order valence-electron chi connectivity index (χ3n) is 5.46. The molecule has 0 heterocycles. The zero-order valence-electron chi connectivity index (χ0n) is 17.4. The maximum atomic E-state index is 5.57. The minimum absolute atomic E-state index is 0.173. The van der Waals surface area contributed by atoms with Gasteiger partial charge in [0.15, 0.2) is 0 Å². The molecule has 3 aromatic rings. The van der Waals surface area contributed by atoms with Gasteiger partial charge in [-0.15, -0.1) is 0 Å². The first-order valence-electron chi connectivity index (χ1n) is 10.4. The van der Waals surface area contributed by atoms with Gasteiger partial charge in [-0.2, -0.15) is 0 Å². The second kappa shape index (κ2) is 9.59. The van der Waals surface area contributed by atoms with Crippen LogP contribution in [0.15, 0.2) is 78.9 Å². The Bertz CT molecular complexity index is 847. The first-order valence-corrected chi connectivity index (χ1v) is 10.4. The normalized spacial score (nSPS) is 11.4. The van der Waals surface area contributed by atoms with Crippen molar-refractivity contribution < 1.29 is 4.74 Å². The van der Waals surface area contributed by atoms with Crippen LogP contribution in [-0.4, -0.2) is 6.61 Å². The van der Waals surface area contributed by atoms with Gasteiger partial charge in [-0.3, -0.25) is 0 Å². The number of hydrogen-bond donors (Lipinski definition) is 0. The fourth-order valence-electron chi connectivity index (χ4n) is 3.77. The average Bonchev–Trinajstić information content (AvgIpc) is 2.70. The van der Waals surface area contributed by atoms with Gasteiger partial charge < -0.3 is 4.74 Å². The summed E-state index contributed by atoms with van der Waals surface area (Å²) in [7, 11) is 0. The highest BCUT2D eigenvalue weighted by molar-refractivity contribution is 5.32. The van der Waals surface area contributed by atoms with Crippen molar-refractivity contribution in [1.82, 2.24) is 0 Å². The Morgan fingerprint density at radius 1 is 0.750 bits per heavy atom. The van der Waals surface area contributed by atoms with E-state index >= 15 is 0 Å². The lowest BCUT2D eigenvalue weighted by atomic mass is 9.80. The summed E-state index contributed by atoms with van der Waals surface area (Å²) >= 11 is 0. The third kappa shape index (κ3) is 5.73. The minimum atomic E-state index is 0.173. The lowest BCUT2D eigenvalue weighted by Gasteiger charge is -2.25. The number of rotatable bonds is 9. The van der Waals surface area contributed by atoms with E-state index in [4.69, 9.17) is 4.74 Å². The molecule has 3 rings (SSSR count). The van der Waals surface area contributed by atoms with Crippen LogP contribution >= 0.6 is 0 Å². The van der Waals surface area contributed by atoms with Gasteiger partial charge in [-0.1, -0.05) is 80.6 Å². The number of ether oxygens (including phenoxy) is 1. The number of hydrogen-bond acceptors (Lipinski definition) is 1. The molecule has 28 heavy (non-hydrogen) atoms. The summed E-state index contributed by atoms with van der Waals surface area (Å²) in [5.41, 5.74) is 5.77. The summed E-state index contributed by atoms with van der Waals surface area (Å²) in [6.07, 6.45) is 4.49. The Morgan fingerprint density at radius 2 is 1.43 bits per heavy atom. The fourth-order valence-corrected chi connectivity index (χ4v) is 3.77. The first-order chi connectivity index (χ1) is 13.6. The molecular weight excluding hydrogens is 340 g/mol. The molecule has 0 aliphatic heterocycles. The molecule has 0 fully saturated rings. The van der Waals surface area contributed by atoms with Gasteiger partial charge in [-0.25, -0.2) is 0 Å². The quantitative estimate of drug-likeness (QED) is 0.394. The molecule has 0 spiro atoms. The fraction of sp³-hybridized carbons (Fsp3) is 0.333. The summed E-state index contributed by atoms with van der Waals surface area (Å²) in [5, 5.41) is 0. The van der Waals surface area contributed by atoms with Crippen molar-refractivity contribution in [2.24, 2.45) is 0 Å². The van der Waals surface area contributed by atoms with Gasteiger partial charge in [0, 0.05) is 0 Å². The second-order valence-corrected chi connectivity index (χ2v) is 8.18. The topological polar surface area (TPSA) is 9.23 Å². The molecule has 0 aliphatic rings. The molecule has 0 radical (unpaired) electrons. The van der Waals surface area contributed by atoms with Gasteiger partial charge in [0.05, 0.1) is 6.61 Å². The predicted molar refractivity (Wildman–Crippen MR) is 119 cm³/mol. The van der Waals surface area contributed by atoms with Gasteiger partial charge in [0.1, 0.15) is 5.75 Å². The maximum Gasteiger partial charge on any atom is 0.119 e. The summed E-state index contributed by atoms with van der Waals surface area (Å²) in [5.74, 6) is 0.956. The molecule has 146 valence electrons. The van der Waals surface area contributed by atoms with E-state index in [0.717, 1.165) is 18.6 Å². The van der Waals surface area contributed by atoms with Crippen LogP contribution < -0.4 is 4.74 Å². The highest BCUT2D eigenvalue weighted by Gasteiger charge is 2.20.